The first-order chi connectivity index (χ1) is 8.83. The zero-order chi connectivity index (χ0) is 12.4. The summed E-state index contributed by atoms with van der Waals surface area (Å²) in [4.78, 5) is 12.1. The molecule has 0 unspecified atom stereocenters. The number of fused-ring (bicyclic) bond motifs is 1. The second kappa shape index (κ2) is 4.98. The topological polar surface area (TPSA) is 50.4 Å². The van der Waals surface area contributed by atoms with Crippen LogP contribution in [0.5, 0.6) is 5.75 Å². The molecule has 18 heavy (non-hydrogen) atoms. The highest BCUT2D eigenvalue weighted by Gasteiger charge is 2.18. The van der Waals surface area contributed by atoms with Crippen LogP contribution in [-0.4, -0.2) is 31.6 Å². The minimum Gasteiger partial charge on any atom is -0.493 e. The van der Waals surface area contributed by atoms with Gasteiger partial charge in [0.25, 0.3) is 5.91 Å². The van der Waals surface area contributed by atoms with Crippen molar-refractivity contribution in [2.24, 2.45) is 0 Å². The number of hydrogen-bond donors (Lipinski definition) is 2. The molecule has 96 valence electrons. The Bertz CT molecular complexity index is 453. The van der Waals surface area contributed by atoms with Gasteiger partial charge in [-0.3, -0.25) is 4.79 Å². The van der Waals surface area contributed by atoms with Crippen molar-refractivity contribution in [3.8, 4) is 5.75 Å². The summed E-state index contributed by atoms with van der Waals surface area (Å²) in [7, 11) is 0. The van der Waals surface area contributed by atoms with E-state index in [0.29, 0.717) is 0 Å². The first-order valence-corrected chi connectivity index (χ1v) is 6.60. The monoisotopic (exact) mass is 246 g/mol. The number of ether oxygens (including phenoxy) is 1. The van der Waals surface area contributed by atoms with Crippen LogP contribution in [0, 0.1) is 0 Å². The molecule has 1 aromatic rings. The number of rotatable bonds is 2. The van der Waals surface area contributed by atoms with Gasteiger partial charge < -0.3 is 15.4 Å². The SMILES string of the molecule is O=C(N[C@H]1CCCNC1)c1ccc2c(c1)CCO2. The average molecular weight is 246 g/mol. The second-order valence-corrected chi connectivity index (χ2v) is 4.94. The van der Waals surface area contributed by atoms with Crippen molar-refractivity contribution in [2.75, 3.05) is 19.7 Å². The van der Waals surface area contributed by atoms with Gasteiger partial charge >= 0.3 is 0 Å². The molecule has 1 atom stereocenters. The Kier molecular flexibility index (Phi) is 3.19. The molecular weight excluding hydrogens is 228 g/mol. The summed E-state index contributed by atoms with van der Waals surface area (Å²) in [5.41, 5.74) is 1.88. The Morgan fingerprint density at radius 3 is 3.22 bits per heavy atom. The molecule has 1 fully saturated rings. The van der Waals surface area contributed by atoms with Crippen molar-refractivity contribution < 1.29 is 9.53 Å². The molecule has 0 aliphatic carbocycles. The molecule has 0 saturated carbocycles. The second-order valence-electron chi connectivity index (χ2n) is 4.94. The van der Waals surface area contributed by atoms with Gasteiger partial charge in [0.05, 0.1) is 6.61 Å². The summed E-state index contributed by atoms with van der Waals surface area (Å²) in [5, 5.41) is 6.38. The van der Waals surface area contributed by atoms with Gasteiger partial charge in [-0.2, -0.15) is 0 Å². The van der Waals surface area contributed by atoms with E-state index in [1.807, 2.05) is 18.2 Å². The van der Waals surface area contributed by atoms with Crippen LogP contribution in [-0.2, 0) is 6.42 Å². The Balaban J connectivity index is 1.68. The molecule has 0 aromatic heterocycles. The highest BCUT2D eigenvalue weighted by Crippen LogP contribution is 2.25. The molecule has 2 aliphatic heterocycles. The van der Waals surface area contributed by atoms with Crippen molar-refractivity contribution >= 4 is 5.91 Å². The quantitative estimate of drug-likeness (QED) is 0.821. The lowest BCUT2D eigenvalue weighted by Gasteiger charge is -2.23. The third-order valence-electron chi connectivity index (χ3n) is 3.58. The van der Waals surface area contributed by atoms with E-state index in [1.165, 1.54) is 0 Å². The maximum absolute atomic E-state index is 12.1. The molecule has 0 radical (unpaired) electrons. The predicted molar refractivity (Wildman–Crippen MR) is 69.0 cm³/mol. The maximum Gasteiger partial charge on any atom is 0.251 e. The van der Waals surface area contributed by atoms with Crippen molar-refractivity contribution in [2.45, 2.75) is 25.3 Å². The van der Waals surface area contributed by atoms with E-state index in [2.05, 4.69) is 10.6 Å². The van der Waals surface area contributed by atoms with Crippen molar-refractivity contribution in [3.05, 3.63) is 29.3 Å². The van der Waals surface area contributed by atoms with Gasteiger partial charge in [0.15, 0.2) is 0 Å². The molecule has 4 heteroatoms. The van der Waals surface area contributed by atoms with E-state index < -0.39 is 0 Å². The lowest BCUT2D eigenvalue weighted by atomic mass is 10.1. The number of carbonyl (C=O) groups excluding carboxylic acids is 1. The van der Waals surface area contributed by atoms with E-state index in [-0.39, 0.29) is 11.9 Å². The van der Waals surface area contributed by atoms with Crippen LogP contribution >= 0.6 is 0 Å². The highest BCUT2D eigenvalue weighted by atomic mass is 16.5. The highest BCUT2D eigenvalue weighted by molar-refractivity contribution is 5.94. The maximum atomic E-state index is 12.1. The number of piperidine rings is 1. The van der Waals surface area contributed by atoms with Crippen molar-refractivity contribution in [1.29, 1.82) is 0 Å². The summed E-state index contributed by atoms with van der Waals surface area (Å²) in [5.74, 6) is 0.948. The Morgan fingerprint density at radius 2 is 2.39 bits per heavy atom. The zero-order valence-corrected chi connectivity index (χ0v) is 10.4. The lowest BCUT2D eigenvalue weighted by Crippen LogP contribution is -2.45. The van der Waals surface area contributed by atoms with E-state index in [1.54, 1.807) is 0 Å². The fourth-order valence-corrected chi connectivity index (χ4v) is 2.57. The van der Waals surface area contributed by atoms with Crippen LogP contribution in [0.2, 0.25) is 0 Å². The van der Waals surface area contributed by atoms with Gasteiger partial charge in [-0.1, -0.05) is 0 Å². The van der Waals surface area contributed by atoms with Crippen LogP contribution < -0.4 is 15.4 Å². The van der Waals surface area contributed by atoms with Gasteiger partial charge in [0.1, 0.15) is 5.75 Å². The first kappa shape index (κ1) is 11.5. The fourth-order valence-electron chi connectivity index (χ4n) is 2.57. The van der Waals surface area contributed by atoms with Crippen LogP contribution in [0.3, 0.4) is 0 Å². The summed E-state index contributed by atoms with van der Waals surface area (Å²) in [6.45, 7) is 2.66. The number of hydrogen-bond acceptors (Lipinski definition) is 3. The normalized spacial score (nSPS) is 22.1. The molecule has 1 saturated heterocycles. The van der Waals surface area contributed by atoms with Gasteiger partial charge in [-0.15, -0.1) is 0 Å². The predicted octanol–water partition coefficient (Wildman–Crippen LogP) is 1.10. The van der Waals surface area contributed by atoms with Gasteiger partial charge in [0.2, 0.25) is 0 Å². The third-order valence-corrected chi connectivity index (χ3v) is 3.58. The van der Waals surface area contributed by atoms with Gasteiger partial charge in [-0.25, -0.2) is 0 Å². The molecule has 2 N–H and O–H groups in total. The Morgan fingerprint density at radius 1 is 1.44 bits per heavy atom. The molecule has 2 aliphatic rings. The Labute approximate surface area is 107 Å². The van der Waals surface area contributed by atoms with E-state index in [4.69, 9.17) is 4.74 Å². The summed E-state index contributed by atoms with van der Waals surface area (Å²) >= 11 is 0. The molecule has 0 spiro atoms. The van der Waals surface area contributed by atoms with E-state index in [0.717, 1.165) is 55.8 Å². The van der Waals surface area contributed by atoms with Crippen molar-refractivity contribution in [3.63, 3.8) is 0 Å². The number of nitrogens with one attached hydrogen (secondary N) is 2. The van der Waals surface area contributed by atoms with Crippen LogP contribution in [0.15, 0.2) is 18.2 Å². The molecule has 2 heterocycles. The third kappa shape index (κ3) is 2.34. The number of amides is 1. The molecule has 1 amide bonds. The Hall–Kier alpha value is -1.55. The lowest BCUT2D eigenvalue weighted by molar-refractivity contribution is 0.0930. The van der Waals surface area contributed by atoms with Crippen LogP contribution in [0.25, 0.3) is 0 Å². The molecular formula is C14H18N2O2. The van der Waals surface area contributed by atoms with Gasteiger partial charge in [-0.05, 0) is 43.1 Å². The van der Waals surface area contributed by atoms with Crippen molar-refractivity contribution in [1.82, 2.24) is 10.6 Å². The molecule has 0 bridgehead atoms. The summed E-state index contributed by atoms with van der Waals surface area (Å²) < 4.78 is 5.44. The van der Waals surface area contributed by atoms with Gasteiger partial charge in [0, 0.05) is 24.6 Å². The summed E-state index contributed by atoms with van der Waals surface area (Å²) in [6, 6.07) is 5.95. The van der Waals surface area contributed by atoms with E-state index in [9.17, 15) is 4.79 Å². The standard InChI is InChI=1S/C14H18N2O2/c17-14(16-12-2-1-6-15-9-12)11-3-4-13-10(8-11)5-7-18-13/h3-4,8,12,15H,1-2,5-7,9H2,(H,16,17)/t12-/m0/s1. The largest absolute Gasteiger partial charge is 0.493 e. The first-order valence-electron chi connectivity index (χ1n) is 6.60. The fraction of sp³-hybridized carbons (Fsp3) is 0.500. The zero-order valence-electron chi connectivity index (χ0n) is 10.4. The van der Waals surface area contributed by atoms with Crippen LogP contribution in [0.1, 0.15) is 28.8 Å². The molecule has 4 nitrogen and oxygen atoms in total. The molecule has 3 rings (SSSR count). The minimum absolute atomic E-state index is 0.0263. The van der Waals surface area contributed by atoms with Crippen LogP contribution in [0.4, 0.5) is 0 Å². The van der Waals surface area contributed by atoms with E-state index >= 15 is 0 Å². The minimum atomic E-state index is 0.0263. The molecule has 1 aromatic carbocycles. The number of benzene rings is 1. The smallest absolute Gasteiger partial charge is 0.251 e. The average Bonchev–Trinajstić information content (AvgIpc) is 2.87. The number of carbonyl (C=O) groups is 1. The summed E-state index contributed by atoms with van der Waals surface area (Å²) in [6.07, 6.45) is 3.09.